The van der Waals surface area contributed by atoms with Crippen molar-refractivity contribution in [2.24, 2.45) is 0 Å². The molecule has 4 nitrogen and oxygen atoms in total. The zero-order valence-corrected chi connectivity index (χ0v) is 12.8. The molecule has 21 heavy (non-hydrogen) atoms. The number of amides is 1. The number of rotatable bonds is 6. The van der Waals surface area contributed by atoms with Crippen LogP contribution in [0, 0.1) is 6.92 Å². The average molecular weight is 291 g/mol. The fourth-order valence-electron chi connectivity index (χ4n) is 2.58. The zero-order valence-electron chi connectivity index (χ0n) is 12.8. The van der Waals surface area contributed by atoms with E-state index in [1.807, 2.05) is 36.1 Å². The minimum Gasteiger partial charge on any atom is -0.396 e. The Kier molecular flexibility index (Phi) is 6.21. The van der Waals surface area contributed by atoms with Gasteiger partial charge in [-0.15, -0.1) is 0 Å². The van der Waals surface area contributed by atoms with Crippen LogP contribution in [0.4, 0.5) is 0 Å². The van der Waals surface area contributed by atoms with E-state index >= 15 is 0 Å². The first-order chi connectivity index (χ1) is 10.2. The molecular formula is C17H25NO3. The Morgan fingerprint density at radius 2 is 1.95 bits per heavy atom. The maximum atomic E-state index is 12.3. The third-order valence-electron chi connectivity index (χ3n) is 3.93. The van der Waals surface area contributed by atoms with Gasteiger partial charge in [0.25, 0.3) is 0 Å². The summed E-state index contributed by atoms with van der Waals surface area (Å²) in [4.78, 5) is 14.2. The molecule has 1 aliphatic rings. The summed E-state index contributed by atoms with van der Waals surface area (Å²) in [6, 6.07) is 8.14. The number of carbonyl (C=O) groups excluding carboxylic acids is 1. The highest BCUT2D eigenvalue weighted by atomic mass is 16.5. The van der Waals surface area contributed by atoms with Gasteiger partial charge in [0.15, 0.2) is 0 Å². The van der Waals surface area contributed by atoms with Crippen molar-refractivity contribution < 1.29 is 14.6 Å². The minimum absolute atomic E-state index is 0.174. The Morgan fingerprint density at radius 3 is 2.57 bits per heavy atom. The Hall–Kier alpha value is -1.39. The second-order valence-corrected chi connectivity index (χ2v) is 5.69. The maximum absolute atomic E-state index is 12.3. The Balaban J connectivity index is 1.74. The van der Waals surface area contributed by atoms with E-state index in [1.54, 1.807) is 0 Å². The van der Waals surface area contributed by atoms with E-state index in [4.69, 9.17) is 9.84 Å². The van der Waals surface area contributed by atoms with Gasteiger partial charge >= 0.3 is 0 Å². The van der Waals surface area contributed by atoms with E-state index < -0.39 is 0 Å². The molecule has 2 rings (SSSR count). The van der Waals surface area contributed by atoms with Crippen molar-refractivity contribution in [3.8, 4) is 0 Å². The zero-order chi connectivity index (χ0) is 15.1. The fourth-order valence-corrected chi connectivity index (χ4v) is 2.58. The highest BCUT2D eigenvalue weighted by Gasteiger charge is 2.23. The molecule has 1 amide bonds. The lowest BCUT2D eigenvalue weighted by molar-refractivity contribution is -0.133. The number of aryl methyl sites for hydroxylation is 1. The van der Waals surface area contributed by atoms with E-state index in [1.165, 1.54) is 5.56 Å². The smallest absolute Gasteiger partial charge is 0.226 e. The lowest BCUT2D eigenvalue weighted by Gasteiger charge is -2.32. The van der Waals surface area contributed by atoms with Gasteiger partial charge in [-0.1, -0.05) is 29.8 Å². The monoisotopic (exact) mass is 291 g/mol. The normalized spacial score (nSPS) is 16.2. The SMILES string of the molecule is Cc1ccc(CC(=O)N2CCC(OCCCO)CC2)cc1. The van der Waals surface area contributed by atoms with Gasteiger partial charge in [-0.05, 0) is 31.7 Å². The van der Waals surface area contributed by atoms with E-state index in [0.717, 1.165) is 31.5 Å². The number of likely N-dealkylation sites (tertiary alicyclic amines) is 1. The molecule has 116 valence electrons. The van der Waals surface area contributed by atoms with Crippen LogP contribution in [0.3, 0.4) is 0 Å². The van der Waals surface area contributed by atoms with Crippen molar-refractivity contribution in [2.45, 2.75) is 38.7 Å². The van der Waals surface area contributed by atoms with Crippen LogP contribution in [0.2, 0.25) is 0 Å². The third-order valence-corrected chi connectivity index (χ3v) is 3.93. The van der Waals surface area contributed by atoms with Crippen LogP contribution in [-0.4, -0.2) is 48.3 Å². The Morgan fingerprint density at radius 1 is 1.29 bits per heavy atom. The van der Waals surface area contributed by atoms with Crippen LogP contribution in [0.25, 0.3) is 0 Å². The first kappa shape index (κ1) is 16.0. The topological polar surface area (TPSA) is 49.8 Å². The average Bonchev–Trinajstić information content (AvgIpc) is 2.50. The lowest BCUT2D eigenvalue weighted by Crippen LogP contribution is -2.41. The second kappa shape index (κ2) is 8.15. The number of carbonyl (C=O) groups is 1. The predicted octanol–water partition coefficient (Wildman–Crippen LogP) is 1.93. The number of aliphatic hydroxyl groups excluding tert-OH is 1. The Bertz CT molecular complexity index is 436. The largest absolute Gasteiger partial charge is 0.396 e. The van der Waals surface area contributed by atoms with E-state index in [2.05, 4.69) is 0 Å². The van der Waals surface area contributed by atoms with Crippen LogP contribution in [0.5, 0.6) is 0 Å². The van der Waals surface area contributed by atoms with Crippen LogP contribution in [0.15, 0.2) is 24.3 Å². The van der Waals surface area contributed by atoms with Crippen LogP contribution >= 0.6 is 0 Å². The number of piperidine rings is 1. The van der Waals surface area contributed by atoms with E-state index in [0.29, 0.717) is 19.4 Å². The molecule has 0 unspecified atom stereocenters. The molecule has 4 heteroatoms. The number of benzene rings is 1. The van der Waals surface area contributed by atoms with Gasteiger partial charge in [-0.3, -0.25) is 4.79 Å². The number of hydrogen-bond acceptors (Lipinski definition) is 3. The molecule has 0 aromatic heterocycles. The summed E-state index contributed by atoms with van der Waals surface area (Å²) in [6.45, 7) is 4.38. The highest BCUT2D eigenvalue weighted by Crippen LogP contribution is 2.15. The molecule has 0 saturated carbocycles. The number of aliphatic hydroxyl groups is 1. The third kappa shape index (κ3) is 5.14. The summed E-state index contributed by atoms with van der Waals surface area (Å²) < 4.78 is 5.68. The highest BCUT2D eigenvalue weighted by molar-refractivity contribution is 5.78. The van der Waals surface area contributed by atoms with Gasteiger partial charge in [0.2, 0.25) is 5.91 Å². The first-order valence-electron chi connectivity index (χ1n) is 7.75. The fraction of sp³-hybridized carbons (Fsp3) is 0.588. The van der Waals surface area contributed by atoms with Crippen molar-refractivity contribution in [2.75, 3.05) is 26.3 Å². The maximum Gasteiger partial charge on any atom is 0.226 e. The van der Waals surface area contributed by atoms with Crippen molar-refractivity contribution in [1.29, 1.82) is 0 Å². The van der Waals surface area contributed by atoms with Crippen LogP contribution in [-0.2, 0) is 16.0 Å². The lowest BCUT2D eigenvalue weighted by atomic mass is 10.1. The molecule has 1 aromatic carbocycles. The summed E-state index contributed by atoms with van der Waals surface area (Å²) in [5, 5.41) is 8.73. The quantitative estimate of drug-likeness (QED) is 0.815. The standard InChI is InChI=1S/C17H25NO3/c1-14-3-5-15(6-4-14)13-17(20)18-9-7-16(8-10-18)21-12-2-11-19/h3-6,16,19H,2,7-13H2,1H3. The molecule has 0 bridgehead atoms. The molecule has 0 aliphatic carbocycles. The van der Waals surface area contributed by atoms with Gasteiger partial charge in [0.1, 0.15) is 0 Å². The van der Waals surface area contributed by atoms with E-state index in [-0.39, 0.29) is 18.6 Å². The van der Waals surface area contributed by atoms with Crippen molar-refractivity contribution >= 4 is 5.91 Å². The van der Waals surface area contributed by atoms with Gasteiger partial charge in [0, 0.05) is 26.3 Å². The van der Waals surface area contributed by atoms with Crippen molar-refractivity contribution in [3.63, 3.8) is 0 Å². The number of nitrogens with zero attached hydrogens (tertiary/aromatic N) is 1. The molecule has 1 heterocycles. The van der Waals surface area contributed by atoms with Crippen LogP contribution in [0.1, 0.15) is 30.4 Å². The molecule has 1 fully saturated rings. The van der Waals surface area contributed by atoms with Crippen molar-refractivity contribution in [1.82, 2.24) is 4.90 Å². The summed E-state index contributed by atoms with van der Waals surface area (Å²) in [6.07, 6.45) is 3.19. The summed E-state index contributed by atoms with van der Waals surface area (Å²) in [5.74, 6) is 0.202. The van der Waals surface area contributed by atoms with Gasteiger partial charge in [-0.25, -0.2) is 0 Å². The van der Waals surface area contributed by atoms with E-state index in [9.17, 15) is 4.79 Å². The molecule has 1 saturated heterocycles. The minimum atomic E-state index is 0.174. The van der Waals surface area contributed by atoms with Gasteiger partial charge < -0.3 is 14.7 Å². The Labute approximate surface area is 126 Å². The molecule has 1 aliphatic heterocycles. The molecule has 1 aromatic rings. The molecule has 0 spiro atoms. The number of hydrogen-bond donors (Lipinski definition) is 1. The van der Waals surface area contributed by atoms with Crippen LogP contribution < -0.4 is 0 Å². The summed E-state index contributed by atoms with van der Waals surface area (Å²) >= 11 is 0. The van der Waals surface area contributed by atoms with Crippen molar-refractivity contribution in [3.05, 3.63) is 35.4 Å². The van der Waals surface area contributed by atoms with Gasteiger partial charge in [0.05, 0.1) is 12.5 Å². The molecule has 0 radical (unpaired) electrons. The molecular weight excluding hydrogens is 266 g/mol. The summed E-state index contributed by atoms with van der Waals surface area (Å²) in [7, 11) is 0. The molecule has 0 atom stereocenters. The predicted molar refractivity (Wildman–Crippen MR) is 82.1 cm³/mol. The number of ether oxygens (including phenoxy) is 1. The first-order valence-corrected chi connectivity index (χ1v) is 7.75. The summed E-state index contributed by atoms with van der Waals surface area (Å²) in [5.41, 5.74) is 2.29. The molecule has 1 N–H and O–H groups in total. The van der Waals surface area contributed by atoms with Gasteiger partial charge in [-0.2, -0.15) is 0 Å². The second-order valence-electron chi connectivity index (χ2n) is 5.69.